The van der Waals surface area contributed by atoms with Crippen molar-refractivity contribution in [1.82, 2.24) is 14.8 Å². The molecule has 0 fully saturated rings. The normalized spacial score (nSPS) is 10.9. The van der Waals surface area contributed by atoms with Crippen LogP contribution in [0.1, 0.15) is 5.56 Å². The average Bonchev–Trinajstić information content (AvgIpc) is 2.98. The van der Waals surface area contributed by atoms with E-state index >= 15 is 0 Å². The quantitative estimate of drug-likeness (QED) is 0.532. The van der Waals surface area contributed by atoms with Gasteiger partial charge in [0.1, 0.15) is 17.3 Å². The largest absolute Gasteiger partial charge is 0.382 e. The molecule has 0 atom stereocenters. The fourth-order valence-electron chi connectivity index (χ4n) is 3.03. The second-order valence-electron chi connectivity index (χ2n) is 5.80. The standard InChI is InChI=1S/C19H11Cl2N5O/c20-10-6-7-12(14(21)8-10)15-13(9-22)19(27)24-18-16(15)17(23)25-26(18)11-4-2-1-3-5-11/h1-8H,(H2,23,25)(H,24,27). The Bertz CT molecular complexity index is 1290. The monoisotopic (exact) mass is 395 g/mol. The molecule has 4 rings (SSSR count). The van der Waals surface area contributed by atoms with Crippen LogP contribution < -0.4 is 11.3 Å². The first-order valence-electron chi connectivity index (χ1n) is 7.86. The minimum atomic E-state index is -0.553. The molecule has 6 nitrogen and oxygen atoms in total. The summed E-state index contributed by atoms with van der Waals surface area (Å²) < 4.78 is 1.53. The van der Waals surface area contributed by atoms with E-state index in [0.717, 1.165) is 0 Å². The lowest BCUT2D eigenvalue weighted by Gasteiger charge is -2.09. The number of fused-ring (bicyclic) bond motifs is 1. The number of nitrogen functional groups attached to an aromatic ring is 1. The summed E-state index contributed by atoms with van der Waals surface area (Å²) in [7, 11) is 0. The number of nitrogens with one attached hydrogen (secondary N) is 1. The van der Waals surface area contributed by atoms with Gasteiger partial charge in [0.05, 0.1) is 11.1 Å². The molecule has 2 heterocycles. The smallest absolute Gasteiger partial charge is 0.268 e. The molecular weight excluding hydrogens is 385 g/mol. The van der Waals surface area contributed by atoms with E-state index in [1.807, 2.05) is 36.4 Å². The molecule has 0 radical (unpaired) electrons. The summed E-state index contributed by atoms with van der Waals surface area (Å²) in [6.45, 7) is 0. The molecule has 8 heteroatoms. The zero-order valence-electron chi connectivity index (χ0n) is 13.7. The molecule has 2 aromatic heterocycles. The Labute approximate surface area is 163 Å². The van der Waals surface area contributed by atoms with Gasteiger partial charge >= 0.3 is 0 Å². The van der Waals surface area contributed by atoms with Gasteiger partial charge in [-0.1, -0.05) is 47.5 Å². The Morgan fingerprint density at radius 2 is 1.89 bits per heavy atom. The lowest BCUT2D eigenvalue weighted by molar-refractivity contribution is 0.900. The van der Waals surface area contributed by atoms with Crippen LogP contribution in [0, 0.1) is 11.3 Å². The topological polar surface area (TPSA) is 100 Å². The minimum absolute atomic E-state index is 0.0916. The maximum absolute atomic E-state index is 12.6. The highest BCUT2D eigenvalue weighted by molar-refractivity contribution is 6.36. The van der Waals surface area contributed by atoms with Gasteiger partial charge in [0, 0.05) is 21.2 Å². The molecule has 0 unspecified atom stereocenters. The molecule has 0 bridgehead atoms. The summed E-state index contributed by atoms with van der Waals surface area (Å²) in [5, 5.41) is 15.1. The molecule has 27 heavy (non-hydrogen) atoms. The van der Waals surface area contributed by atoms with E-state index in [1.165, 1.54) is 4.68 Å². The number of hydrogen-bond donors (Lipinski definition) is 2. The maximum Gasteiger partial charge on any atom is 0.268 e. The highest BCUT2D eigenvalue weighted by Crippen LogP contribution is 2.38. The Morgan fingerprint density at radius 3 is 2.56 bits per heavy atom. The van der Waals surface area contributed by atoms with E-state index in [9.17, 15) is 10.1 Å². The number of nitriles is 1. The number of pyridine rings is 1. The van der Waals surface area contributed by atoms with Gasteiger partial charge in [-0.3, -0.25) is 4.79 Å². The van der Waals surface area contributed by atoms with Crippen LogP contribution in [0.3, 0.4) is 0 Å². The fourth-order valence-corrected chi connectivity index (χ4v) is 3.53. The van der Waals surface area contributed by atoms with Crippen molar-refractivity contribution < 1.29 is 0 Å². The van der Waals surface area contributed by atoms with Crippen LogP contribution in [-0.2, 0) is 0 Å². The number of aromatic nitrogens is 3. The van der Waals surface area contributed by atoms with Gasteiger partial charge in [-0.05, 0) is 24.3 Å². The summed E-state index contributed by atoms with van der Waals surface area (Å²) >= 11 is 12.3. The van der Waals surface area contributed by atoms with Crippen molar-refractivity contribution in [3.05, 3.63) is 74.5 Å². The van der Waals surface area contributed by atoms with Crippen LogP contribution in [0.25, 0.3) is 27.8 Å². The molecule has 0 saturated heterocycles. The highest BCUT2D eigenvalue weighted by Gasteiger charge is 2.22. The van der Waals surface area contributed by atoms with E-state index in [2.05, 4.69) is 10.1 Å². The SMILES string of the molecule is N#Cc1c(-c2ccc(Cl)cc2Cl)c2c(N)nn(-c3ccccc3)c2[nH]c1=O. The number of benzene rings is 2. The van der Waals surface area contributed by atoms with Gasteiger partial charge in [-0.2, -0.15) is 5.26 Å². The molecule has 3 N–H and O–H groups in total. The van der Waals surface area contributed by atoms with E-state index in [4.69, 9.17) is 28.9 Å². The van der Waals surface area contributed by atoms with Crippen molar-refractivity contribution >= 4 is 40.1 Å². The third-order valence-electron chi connectivity index (χ3n) is 4.18. The zero-order valence-corrected chi connectivity index (χ0v) is 15.2. The lowest BCUT2D eigenvalue weighted by atomic mass is 9.98. The number of para-hydroxylation sites is 1. The molecule has 4 aromatic rings. The van der Waals surface area contributed by atoms with Crippen LogP contribution in [-0.4, -0.2) is 14.8 Å². The highest BCUT2D eigenvalue weighted by atomic mass is 35.5. The number of hydrogen-bond acceptors (Lipinski definition) is 4. The Kier molecular flexibility index (Phi) is 4.11. The molecule has 0 amide bonds. The van der Waals surface area contributed by atoms with Gasteiger partial charge in [0.2, 0.25) is 0 Å². The number of aromatic amines is 1. The third-order valence-corrected chi connectivity index (χ3v) is 4.73. The summed E-state index contributed by atoms with van der Waals surface area (Å²) in [5.74, 6) is 0.169. The van der Waals surface area contributed by atoms with Crippen LogP contribution in [0.5, 0.6) is 0 Å². The van der Waals surface area contributed by atoms with Crippen molar-refractivity contribution in [1.29, 1.82) is 5.26 Å². The molecule has 132 valence electrons. The molecule has 0 aliphatic carbocycles. The maximum atomic E-state index is 12.6. The Hall–Kier alpha value is -3.27. The van der Waals surface area contributed by atoms with Crippen molar-refractivity contribution in [3.63, 3.8) is 0 Å². The van der Waals surface area contributed by atoms with Crippen LogP contribution in [0.2, 0.25) is 10.0 Å². The van der Waals surface area contributed by atoms with Crippen molar-refractivity contribution in [3.8, 4) is 22.9 Å². The summed E-state index contributed by atoms with van der Waals surface area (Å²) in [5.41, 5.74) is 7.43. The number of H-pyrrole nitrogens is 1. The van der Waals surface area contributed by atoms with Crippen LogP contribution >= 0.6 is 23.2 Å². The molecular formula is C19H11Cl2N5O. The number of halogens is 2. The van der Waals surface area contributed by atoms with E-state index < -0.39 is 5.56 Å². The minimum Gasteiger partial charge on any atom is -0.382 e. The van der Waals surface area contributed by atoms with E-state index in [0.29, 0.717) is 37.9 Å². The Balaban J connectivity index is 2.17. The van der Waals surface area contributed by atoms with E-state index in [1.54, 1.807) is 18.2 Å². The van der Waals surface area contributed by atoms with Crippen LogP contribution in [0.4, 0.5) is 5.82 Å². The molecule has 0 spiro atoms. The van der Waals surface area contributed by atoms with Gasteiger partial charge in [0.25, 0.3) is 5.56 Å². The van der Waals surface area contributed by atoms with Crippen molar-refractivity contribution in [2.75, 3.05) is 5.73 Å². The Morgan fingerprint density at radius 1 is 1.15 bits per heavy atom. The second kappa shape index (κ2) is 6.47. The summed E-state index contributed by atoms with van der Waals surface area (Å²) in [6, 6.07) is 16.0. The fraction of sp³-hybridized carbons (Fsp3) is 0. The molecule has 0 aliphatic heterocycles. The molecule has 2 aromatic carbocycles. The van der Waals surface area contributed by atoms with Crippen LogP contribution in [0.15, 0.2) is 53.3 Å². The summed E-state index contributed by atoms with van der Waals surface area (Å²) in [6.07, 6.45) is 0. The first-order valence-corrected chi connectivity index (χ1v) is 8.62. The second-order valence-corrected chi connectivity index (χ2v) is 6.64. The number of rotatable bonds is 2. The first kappa shape index (κ1) is 17.2. The predicted octanol–water partition coefficient (Wildman–Crippen LogP) is 4.14. The summed E-state index contributed by atoms with van der Waals surface area (Å²) in [4.78, 5) is 15.3. The number of nitrogens with zero attached hydrogens (tertiary/aromatic N) is 3. The van der Waals surface area contributed by atoms with Gasteiger partial charge in [-0.25, -0.2) is 4.68 Å². The first-order chi connectivity index (χ1) is 13.0. The van der Waals surface area contributed by atoms with E-state index in [-0.39, 0.29) is 11.4 Å². The van der Waals surface area contributed by atoms with Gasteiger partial charge < -0.3 is 10.7 Å². The lowest BCUT2D eigenvalue weighted by Crippen LogP contribution is -2.13. The predicted molar refractivity (Wildman–Crippen MR) is 106 cm³/mol. The average molecular weight is 396 g/mol. The van der Waals surface area contributed by atoms with Crippen molar-refractivity contribution in [2.24, 2.45) is 0 Å². The third kappa shape index (κ3) is 2.74. The number of anilines is 1. The zero-order chi connectivity index (χ0) is 19.1. The van der Waals surface area contributed by atoms with Crippen molar-refractivity contribution in [2.45, 2.75) is 0 Å². The number of nitrogens with two attached hydrogens (primary N) is 1. The van der Waals surface area contributed by atoms with Gasteiger partial charge in [-0.15, -0.1) is 5.10 Å². The molecule has 0 aliphatic rings. The molecule has 0 saturated carbocycles. The van der Waals surface area contributed by atoms with Gasteiger partial charge in [0.15, 0.2) is 5.82 Å².